The van der Waals surface area contributed by atoms with Crippen molar-refractivity contribution in [3.63, 3.8) is 0 Å². The van der Waals surface area contributed by atoms with Gasteiger partial charge in [-0.1, -0.05) is 30.3 Å². The lowest BCUT2D eigenvalue weighted by molar-refractivity contribution is -0.541. The Morgan fingerprint density at radius 1 is 1.30 bits per heavy atom. The molecule has 1 fully saturated rings. The van der Waals surface area contributed by atoms with Crippen LogP contribution < -0.4 is 0 Å². The van der Waals surface area contributed by atoms with Gasteiger partial charge in [-0.05, 0) is 31.2 Å². The van der Waals surface area contributed by atoms with Gasteiger partial charge in [0.1, 0.15) is 0 Å². The molecule has 1 aliphatic rings. The molecule has 1 aliphatic carbocycles. The number of carbonyl (C=O) groups is 1. The summed E-state index contributed by atoms with van der Waals surface area (Å²) >= 11 is 0. The van der Waals surface area contributed by atoms with Crippen molar-refractivity contribution in [2.45, 2.75) is 38.1 Å². The Hall–Kier alpha value is -1.95. The quantitative estimate of drug-likeness (QED) is 0.493. The first-order chi connectivity index (χ1) is 11.1. The topological polar surface area (TPSA) is 89.7 Å². The Balaban J connectivity index is 2.30. The Labute approximate surface area is 135 Å². The van der Waals surface area contributed by atoms with Crippen molar-refractivity contribution in [3.8, 4) is 0 Å². The predicted octanol–water partition coefficient (Wildman–Crippen LogP) is 2.39. The van der Waals surface area contributed by atoms with E-state index in [0.717, 1.165) is 5.56 Å². The number of aliphatic hydroxyl groups is 1. The van der Waals surface area contributed by atoms with E-state index in [2.05, 4.69) is 0 Å². The second-order valence-electron chi connectivity index (χ2n) is 6.00. The molecular weight excluding hydrogens is 298 g/mol. The van der Waals surface area contributed by atoms with Gasteiger partial charge in [-0.25, -0.2) is 0 Å². The van der Waals surface area contributed by atoms with Crippen molar-refractivity contribution >= 4 is 5.97 Å². The van der Waals surface area contributed by atoms with Crippen LogP contribution in [0.4, 0.5) is 0 Å². The Morgan fingerprint density at radius 2 is 1.96 bits per heavy atom. The van der Waals surface area contributed by atoms with Crippen molar-refractivity contribution < 1.29 is 19.6 Å². The number of ether oxygens (including phenoxy) is 1. The van der Waals surface area contributed by atoms with Gasteiger partial charge in [0.05, 0.1) is 18.9 Å². The highest BCUT2D eigenvalue weighted by Crippen LogP contribution is 2.43. The van der Waals surface area contributed by atoms with Crippen LogP contribution in [0, 0.1) is 22.0 Å². The van der Waals surface area contributed by atoms with E-state index in [4.69, 9.17) is 4.74 Å². The van der Waals surface area contributed by atoms with E-state index in [0.29, 0.717) is 12.8 Å². The molecule has 0 heterocycles. The predicted molar refractivity (Wildman–Crippen MR) is 84.5 cm³/mol. The molecule has 0 aliphatic heterocycles. The lowest BCUT2D eigenvalue weighted by Gasteiger charge is -2.37. The van der Waals surface area contributed by atoms with Crippen LogP contribution in [0.2, 0.25) is 0 Å². The average molecular weight is 321 g/mol. The molecular formula is C17H23NO5. The molecule has 0 unspecified atom stereocenters. The van der Waals surface area contributed by atoms with Crippen molar-refractivity contribution in [1.29, 1.82) is 0 Å². The summed E-state index contributed by atoms with van der Waals surface area (Å²) in [6.45, 7) is 1.91. The number of carbonyl (C=O) groups excluding carboxylic acids is 1. The van der Waals surface area contributed by atoms with E-state index in [9.17, 15) is 20.0 Å². The summed E-state index contributed by atoms with van der Waals surface area (Å²) in [5, 5.41) is 21.4. The molecule has 2 rings (SSSR count). The number of aliphatic hydroxyl groups excluding tert-OH is 1. The maximum Gasteiger partial charge on any atom is 0.306 e. The molecule has 0 spiro atoms. The minimum Gasteiger partial charge on any atom is -0.466 e. The molecule has 0 amide bonds. The van der Waals surface area contributed by atoms with Gasteiger partial charge in [0.15, 0.2) is 0 Å². The van der Waals surface area contributed by atoms with E-state index < -0.39 is 12.0 Å². The summed E-state index contributed by atoms with van der Waals surface area (Å²) in [5.41, 5.74) is 0.849. The molecule has 1 saturated carbocycles. The van der Waals surface area contributed by atoms with Crippen LogP contribution in [0.15, 0.2) is 30.3 Å². The van der Waals surface area contributed by atoms with Gasteiger partial charge in [-0.2, -0.15) is 0 Å². The molecule has 0 aromatic heterocycles. The van der Waals surface area contributed by atoms with Crippen molar-refractivity contribution in [1.82, 2.24) is 0 Å². The fourth-order valence-electron chi connectivity index (χ4n) is 3.66. The lowest BCUT2D eigenvalue weighted by Crippen LogP contribution is -2.44. The van der Waals surface area contributed by atoms with Crippen molar-refractivity contribution in [2.24, 2.45) is 11.8 Å². The molecule has 0 bridgehead atoms. The van der Waals surface area contributed by atoms with Gasteiger partial charge in [0.2, 0.25) is 6.04 Å². The summed E-state index contributed by atoms with van der Waals surface area (Å²) < 4.78 is 4.96. The maximum absolute atomic E-state index is 11.8. The first kappa shape index (κ1) is 17.4. The van der Waals surface area contributed by atoms with E-state index in [-0.39, 0.29) is 42.3 Å². The largest absolute Gasteiger partial charge is 0.466 e. The monoisotopic (exact) mass is 321 g/mol. The van der Waals surface area contributed by atoms with Gasteiger partial charge in [0.25, 0.3) is 0 Å². The number of nitro groups is 1. The average Bonchev–Trinajstić information content (AvgIpc) is 2.55. The fourth-order valence-corrected chi connectivity index (χ4v) is 3.66. The third-order valence-corrected chi connectivity index (χ3v) is 4.66. The second-order valence-corrected chi connectivity index (χ2v) is 6.00. The van der Waals surface area contributed by atoms with E-state index in [1.807, 2.05) is 30.3 Å². The van der Waals surface area contributed by atoms with E-state index >= 15 is 0 Å². The minimum absolute atomic E-state index is 0.0565. The summed E-state index contributed by atoms with van der Waals surface area (Å²) in [5.74, 6) is -1.30. The fraction of sp³-hybridized carbons (Fsp3) is 0.588. The van der Waals surface area contributed by atoms with Crippen LogP contribution >= 0.6 is 0 Å². The van der Waals surface area contributed by atoms with Crippen LogP contribution in [0.5, 0.6) is 0 Å². The molecule has 0 radical (unpaired) electrons. The molecule has 126 valence electrons. The molecule has 0 saturated heterocycles. The minimum atomic E-state index is -0.882. The van der Waals surface area contributed by atoms with Crippen LogP contribution in [0.25, 0.3) is 0 Å². The van der Waals surface area contributed by atoms with Crippen molar-refractivity contribution in [2.75, 3.05) is 13.2 Å². The zero-order valence-corrected chi connectivity index (χ0v) is 13.3. The number of rotatable bonds is 6. The third kappa shape index (κ3) is 4.07. The van der Waals surface area contributed by atoms with Crippen LogP contribution in [-0.2, 0) is 9.53 Å². The first-order valence-electron chi connectivity index (χ1n) is 8.03. The Kier molecular flexibility index (Phi) is 6.10. The first-order valence-corrected chi connectivity index (χ1v) is 8.03. The van der Waals surface area contributed by atoms with E-state index in [1.54, 1.807) is 6.92 Å². The van der Waals surface area contributed by atoms with Crippen LogP contribution in [0.3, 0.4) is 0 Å². The normalized spacial score (nSPS) is 27.4. The summed E-state index contributed by atoms with van der Waals surface area (Å²) in [7, 11) is 0. The van der Waals surface area contributed by atoms with E-state index in [1.165, 1.54) is 0 Å². The van der Waals surface area contributed by atoms with Crippen LogP contribution in [0.1, 0.15) is 37.7 Å². The smallest absolute Gasteiger partial charge is 0.306 e. The number of hydrogen-bond acceptors (Lipinski definition) is 5. The Bertz CT molecular complexity index is 533. The molecule has 1 aromatic rings. The van der Waals surface area contributed by atoms with Gasteiger partial charge in [0, 0.05) is 17.4 Å². The molecule has 23 heavy (non-hydrogen) atoms. The second kappa shape index (κ2) is 8.06. The zero-order chi connectivity index (χ0) is 16.8. The zero-order valence-electron chi connectivity index (χ0n) is 13.3. The van der Waals surface area contributed by atoms with Gasteiger partial charge in [-0.15, -0.1) is 0 Å². The Morgan fingerprint density at radius 3 is 2.52 bits per heavy atom. The SMILES string of the molecule is CCOC(=O)C[C@@H]1CC[C@@H](CO)[C@@H](c2ccccc2)[C@H]1[N+](=O)[O-]. The summed E-state index contributed by atoms with van der Waals surface area (Å²) in [4.78, 5) is 23.2. The number of benzene rings is 1. The highest BCUT2D eigenvalue weighted by atomic mass is 16.6. The summed E-state index contributed by atoms with van der Waals surface area (Å²) in [6, 6.07) is 8.38. The lowest BCUT2D eigenvalue weighted by atomic mass is 9.67. The maximum atomic E-state index is 11.8. The van der Waals surface area contributed by atoms with Gasteiger partial charge in [-0.3, -0.25) is 14.9 Å². The highest BCUT2D eigenvalue weighted by Gasteiger charge is 2.48. The summed E-state index contributed by atoms with van der Waals surface area (Å²) in [6.07, 6.45) is 1.28. The highest BCUT2D eigenvalue weighted by molar-refractivity contribution is 5.69. The molecule has 1 aromatic carbocycles. The number of nitrogens with zero attached hydrogens (tertiary/aromatic N) is 1. The molecule has 6 heteroatoms. The van der Waals surface area contributed by atoms with Gasteiger partial charge >= 0.3 is 5.97 Å². The van der Waals surface area contributed by atoms with Gasteiger partial charge < -0.3 is 9.84 Å². The molecule has 1 N–H and O–H groups in total. The standard InChI is InChI=1S/C17H23NO5/c1-2-23-15(20)10-13-8-9-14(11-19)16(17(13)18(21)22)12-6-4-3-5-7-12/h3-7,13-14,16-17,19H,2,8-11H2,1H3/t13-,14-,16+,17-/m0/s1. The van der Waals surface area contributed by atoms with Crippen LogP contribution in [-0.4, -0.2) is 35.3 Å². The number of hydrogen-bond donors (Lipinski definition) is 1. The number of esters is 1. The molecule has 4 atom stereocenters. The third-order valence-electron chi connectivity index (χ3n) is 4.66. The molecule has 6 nitrogen and oxygen atoms in total. The van der Waals surface area contributed by atoms with Crippen molar-refractivity contribution in [3.05, 3.63) is 46.0 Å².